The number of hydrazone groups is 1. The highest BCUT2D eigenvalue weighted by molar-refractivity contribution is 6.00. The third-order valence-corrected chi connectivity index (χ3v) is 3.87. The molecule has 0 unspecified atom stereocenters. The molecule has 0 aliphatic heterocycles. The fraction of sp³-hybridized carbons (Fsp3) is 0.474. The van der Waals surface area contributed by atoms with E-state index in [0.29, 0.717) is 29.6 Å². The van der Waals surface area contributed by atoms with Crippen LogP contribution in [0.5, 0.6) is 11.5 Å². The Morgan fingerprint density at radius 1 is 1.29 bits per heavy atom. The molecule has 0 bridgehead atoms. The first-order valence-corrected chi connectivity index (χ1v) is 8.34. The molecule has 0 saturated heterocycles. The quantitative estimate of drug-likeness (QED) is 0.770. The Kier molecular flexibility index (Phi) is 6.41. The number of hydrogen-bond acceptors (Lipinski definition) is 4. The van der Waals surface area contributed by atoms with Crippen LogP contribution in [-0.2, 0) is 0 Å². The van der Waals surface area contributed by atoms with Crippen molar-refractivity contribution in [3.05, 3.63) is 35.4 Å². The maximum atomic E-state index is 12.2. The van der Waals surface area contributed by atoms with Gasteiger partial charge in [0, 0.05) is 5.56 Å². The van der Waals surface area contributed by atoms with Gasteiger partial charge in [0.15, 0.2) is 11.5 Å². The van der Waals surface area contributed by atoms with Crippen molar-refractivity contribution in [1.82, 2.24) is 5.43 Å². The predicted octanol–water partition coefficient (Wildman–Crippen LogP) is 3.95. The van der Waals surface area contributed by atoms with Crippen LogP contribution in [0.4, 0.5) is 0 Å². The fourth-order valence-corrected chi connectivity index (χ4v) is 2.36. The molecule has 1 aliphatic carbocycles. The second-order valence-corrected chi connectivity index (χ2v) is 6.43. The van der Waals surface area contributed by atoms with Gasteiger partial charge in [0.25, 0.3) is 5.91 Å². The molecule has 1 aliphatic rings. The summed E-state index contributed by atoms with van der Waals surface area (Å²) < 4.78 is 11.1. The normalized spacial score (nSPS) is 15.5. The molecule has 0 spiro atoms. The summed E-state index contributed by atoms with van der Waals surface area (Å²) >= 11 is 0. The summed E-state index contributed by atoms with van der Waals surface area (Å²) in [4.78, 5) is 12.2. The molecule has 2 rings (SSSR count). The van der Waals surface area contributed by atoms with Crippen LogP contribution in [0.2, 0.25) is 0 Å². The Morgan fingerprint density at radius 3 is 2.71 bits per heavy atom. The molecule has 24 heavy (non-hydrogen) atoms. The van der Waals surface area contributed by atoms with Crippen molar-refractivity contribution in [2.24, 2.45) is 11.0 Å². The average Bonchev–Trinajstić information content (AvgIpc) is 2.98. The van der Waals surface area contributed by atoms with Gasteiger partial charge in [0.1, 0.15) is 0 Å². The second-order valence-electron chi connectivity index (χ2n) is 6.43. The summed E-state index contributed by atoms with van der Waals surface area (Å²) in [6.07, 6.45) is 4.85. The van der Waals surface area contributed by atoms with Gasteiger partial charge < -0.3 is 9.47 Å². The third-order valence-electron chi connectivity index (χ3n) is 3.87. The fourth-order valence-electron chi connectivity index (χ4n) is 2.36. The van der Waals surface area contributed by atoms with Crippen molar-refractivity contribution in [2.75, 3.05) is 13.7 Å². The molecule has 5 nitrogen and oxygen atoms in total. The van der Waals surface area contributed by atoms with Gasteiger partial charge >= 0.3 is 0 Å². The second kappa shape index (κ2) is 8.52. The van der Waals surface area contributed by atoms with Crippen molar-refractivity contribution in [2.45, 2.75) is 40.0 Å². The van der Waals surface area contributed by atoms with E-state index in [1.165, 1.54) is 5.57 Å². The van der Waals surface area contributed by atoms with Crippen molar-refractivity contribution >= 4 is 11.6 Å². The molecule has 0 heterocycles. The molecule has 1 N–H and O–H groups in total. The Labute approximate surface area is 143 Å². The molecule has 0 radical (unpaired) electrons. The van der Waals surface area contributed by atoms with Crippen molar-refractivity contribution in [3.63, 3.8) is 0 Å². The molecule has 1 amide bonds. The smallest absolute Gasteiger partial charge is 0.271 e. The zero-order chi connectivity index (χ0) is 17.5. The summed E-state index contributed by atoms with van der Waals surface area (Å²) in [5.41, 5.74) is 5.28. The first kappa shape index (κ1) is 18.0. The molecule has 5 heteroatoms. The van der Waals surface area contributed by atoms with E-state index in [-0.39, 0.29) is 5.91 Å². The highest BCUT2D eigenvalue weighted by atomic mass is 16.5. The summed E-state index contributed by atoms with van der Waals surface area (Å²) in [7, 11) is 1.57. The van der Waals surface area contributed by atoms with E-state index in [0.717, 1.165) is 25.0 Å². The first-order chi connectivity index (χ1) is 11.5. The number of allylic oxidation sites excluding steroid dienone is 2. The van der Waals surface area contributed by atoms with Gasteiger partial charge in [-0.2, -0.15) is 5.10 Å². The zero-order valence-corrected chi connectivity index (χ0v) is 14.9. The number of nitrogens with zero attached hydrogens (tertiary/aromatic N) is 1. The van der Waals surface area contributed by atoms with Gasteiger partial charge in [0.2, 0.25) is 0 Å². The Bertz CT molecular complexity index is 648. The molecule has 130 valence electrons. The van der Waals surface area contributed by atoms with Crippen molar-refractivity contribution < 1.29 is 14.3 Å². The van der Waals surface area contributed by atoms with Gasteiger partial charge in [-0.1, -0.05) is 19.4 Å². The van der Waals surface area contributed by atoms with Crippen LogP contribution < -0.4 is 14.9 Å². The molecular weight excluding hydrogens is 304 g/mol. The number of rotatable bonds is 7. The van der Waals surface area contributed by atoms with Crippen molar-refractivity contribution in [3.8, 4) is 11.5 Å². The predicted molar refractivity (Wildman–Crippen MR) is 95.8 cm³/mol. The van der Waals surface area contributed by atoms with E-state index >= 15 is 0 Å². The number of benzene rings is 1. The minimum absolute atomic E-state index is 0.257. The van der Waals surface area contributed by atoms with Crippen LogP contribution >= 0.6 is 0 Å². The highest BCUT2D eigenvalue weighted by Gasteiger charge is 2.12. The monoisotopic (exact) mass is 330 g/mol. The third kappa shape index (κ3) is 5.11. The highest BCUT2D eigenvalue weighted by Crippen LogP contribution is 2.28. The van der Waals surface area contributed by atoms with E-state index in [4.69, 9.17) is 9.47 Å². The lowest BCUT2D eigenvalue weighted by atomic mass is 10.1. The first-order valence-electron chi connectivity index (χ1n) is 8.34. The Balaban J connectivity index is 2.01. The van der Waals surface area contributed by atoms with Gasteiger partial charge in [-0.25, -0.2) is 5.43 Å². The molecule has 0 saturated carbocycles. The lowest BCUT2D eigenvalue weighted by molar-refractivity contribution is 0.0954. The van der Waals surface area contributed by atoms with Crippen LogP contribution in [0, 0.1) is 5.92 Å². The maximum Gasteiger partial charge on any atom is 0.271 e. The average molecular weight is 330 g/mol. The number of amides is 1. The number of hydrogen-bond donors (Lipinski definition) is 1. The Hall–Kier alpha value is -2.30. The van der Waals surface area contributed by atoms with Gasteiger partial charge in [-0.05, 0) is 56.4 Å². The number of methoxy groups -OCH3 is 1. The minimum Gasteiger partial charge on any atom is -0.493 e. The summed E-state index contributed by atoms with van der Waals surface area (Å²) in [5.74, 6) is 1.52. The zero-order valence-electron chi connectivity index (χ0n) is 14.9. The van der Waals surface area contributed by atoms with Crippen LogP contribution in [0.25, 0.3) is 0 Å². The van der Waals surface area contributed by atoms with Crippen LogP contribution in [0.15, 0.2) is 34.9 Å². The number of nitrogens with one attached hydrogen (secondary N) is 1. The topological polar surface area (TPSA) is 59.9 Å². The van der Waals surface area contributed by atoms with E-state index < -0.39 is 0 Å². The standard InChI is InChI=1S/C19H26N2O3/c1-13(2)9-10-24-17-8-6-15(12-18(17)23-4)19(22)21-20-16-7-5-14(3)11-16/h6,8,11-13H,5,7,9-10H2,1-4H3,(H,21,22)/b20-16+. The summed E-state index contributed by atoms with van der Waals surface area (Å²) in [6, 6.07) is 5.16. The van der Waals surface area contributed by atoms with E-state index in [2.05, 4.69) is 31.3 Å². The lowest BCUT2D eigenvalue weighted by Crippen LogP contribution is -2.19. The lowest BCUT2D eigenvalue weighted by Gasteiger charge is -2.12. The number of ether oxygens (including phenoxy) is 2. The molecule has 1 aromatic rings. The van der Waals surface area contributed by atoms with Gasteiger partial charge in [0.05, 0.1) is 19.4 Å². The van der Waals surface area contributed by atoms with Crippen LogP contribution in [0.3, 0.4) is 0 Å². The van der Waals surface area contributed by atoms with Crippen molar-refractivity contribution in [1.29, 1.82) is 0 Å². The summed E-state index contributed by atoms with van der Waals surface area (Å²) in [6.45, 7) is 6.99. The SMILES string of the molecule is COc1cc(C(=O)N/N=C2/C=C(C)CC2)ccc1OCCC(C)C. The molecule has 1 aromatic carbocycles. The molecular formula is C19H26N2O3. The number of carbonyl (C=O) groups excluding carboxylic acids is 1. The van der Waals surface area contributed by atoms with Gasteiger partial charge in [-0.15, -0.1) is 0 Å². The van der Waals surface area contributed by atoms with E-state index in [1.54, 1.807) is 25.3 Å². The largest absolute Gasteiger partial charge is 0.493 e. The minimum atomic E-state index is -0.257. The Morgan fingerprint density at radius 2 is 2.08 bits per heavy atom. The van der Waals surface area contributed by atoms with Crippen LogP contribution in [-0.4, -0.2) is 25.3 Å². The van der Waals surface area contributed by atoms with Gasteiger partial charge in [-0.3, -0.25) is 4.79 Å². The van der Waals surface area contributed by atoms with E-state index in [1.807, 2.05) is 6.08 Å². The number of carbonyl (C=O) groups is 1. The molecule has 0 atom stereocenters. The maximum absolute atomic E-state index is 12.2. The van der Waals surface area contributed by atoms with Crippen LogP contribution in [0.1, 0.15) is 50.4 Å². The van der Waals surface area contributed by atoms with E-state index in [9.17, 15) is 4.79 Å². The molecule has 0 aromatic heterocycles. The summed E-state index contributed by atoms with van der Waals surface area (Å²) in [5, 5.41) is 4.17. The molecule has 0 fully saturated rings.